The van der Waals surface area contributed by atoms with E-state index in [0.717, 1.165) is 100 Å². The van der Waals surface area contributed by atoms with E-state index in [9.17, 15) is 0 Å². The maximum absolute atomic E-state index is 5.32. The fourth-order valence-corrected chi connectivity index (χ4v) is 20.2. The molecule has 0 N–H and O–H groups in total. The van der Waals surface area contributed by atoms with Gasteiger partial charge in [0, 0.05) is 98.9 Å². The van der Waals surface area contributed by atoms with Gasteiger partial charge in [-0.15, -0.1) is 0 Å². The maximum Gasteiger partial charge on any atom is 0.160 e. The molecule has 0 fully saturated rings. The van der Waals surface area contributed by atoms with Gasteiger partial charge in [0.05, 0.1) is 66.6 Å². The normalized spacial score (nSPS) is 12.0. The molecular formula is C118H72N8. The highest BCUT2D eigenvalue weighted by Crippen LogP contribution is 2.46. The van der Waals surface area contributed by atoms with Crippen LogP contribution in [0.3, 0.4) is 0 Å². The quantitative estimate of drug-likeness (QED) is 0.144. The molecule has 0 atom stereocenters. The highest BCUT2D eigenvalue weighted by molar-refractivity contribution is 6.24. The molecule has 8 nitrogen and oxygen atoms in total. The summed E-state index contributed by atoms with van der Waals surface area (Å²) in [6.45, 7) is 0. The molecule has 0 saturated carbocycles. The molecule has 0 amide bonds. The Bertz CT molecular complexity index is 9250. The zero-order valence-corrected chi connectivity index (χ0v) is 68.1. The Morgan fingerprint density at radius 3 is 1.03 bits per heavy atom. The van der Waals surface area contributed by atoms with Crippen LogP contribution < -0.4 is 0 Å². The average molecular weight is 1600 g/mol. The molecule has 0 radical (unpaired) electrons. The van der Waals surface area contributed by atoms with Crippen molar-refractivity contribution < 1.29 is 0 Å². The first-order valence-corrected chi connectivity index (χ1v) is 43.0. The predicted octanol–water partition coefficient (Wildman–Crippen LogP) is 30.9. The Morgan fingerprint density at radius 2 is 0.468 bits per heavy atom. The lowest BCUT2D eigenvalue weighted by Crippen LogP contribution is -1.98. The molecule has 27 rings (SSSR count). The summed E-state index contributed by atoms with van der Waals surface area (Å²) in [5.74, 6) is 1.41. The minimum absolute atomic E-state index is 0.695. The number of hydrogen-bond donors (Lipinski definition) is 0. The largest absolute Gasteiger partial charge is 0.309 e. The van der Waals surface area contributed by atoms with Crippen LogP contribution in [0.5, 0.6) is 0 Å². The molecule has 0 spiro atoms. The Kier molecular flexibility index (Phi) is 15.9. The smallest absolute Gasteiger partial charge is 0.160 e. The number of aromatic nitrogens is 8. The summed E-state index contributed by atoms with van der Waals surface area (Å²) in [4.78, 5) is 20.9. The van der Waals surface area contributed by atoms with Gasteiger partial charge >= 0.3 is 0 Å². The predicted molar refractivity (Wildman–Crippen MR) is 529 cm³/mol. The van der Waals surface area contributed by atoms with Crippen LogP contribution in [-0.4, -0.2) is 38.2 Å². The van der Waals surface area contributed by atoms with E-state index in [0.29, 0.717) is 11.6 Å². The molecule has 0 unspecified atom stereocenters. The minimum atomic E-state index is 0.695. The summed E-state index contributed by atoms with van der Waals surface area (Å²) in [5, 5.41) is 26.6. The van der Waals surface area contributed by atoms with Gasteiger partial charge in [0.25, 0.3) is 0 Å². The van der Waals surface area contributed by atoms with Crippen LogP contribution in [0, 0.1) is 0 Å². The van der Waals surface area contributed by atoms with Crippen molar-refractivity contribution in [3.63, 3.8) is 0 Å². The van der Waals surface area contributed by atoms with Crippen molar-refractivity contribution in [2.75, 3.05) is 0 Å². The van der Waals surface area contributed by atoms with Crippen molar-refractivity contribution in [3.05, 3.63) is 437 Å². The number of rotatable bonds is 9. The highest BCUT2D eigenvalue weighted by atomic mass is 15.0. The van der Waals surface area contributed by atoms with Crippen molar-refractivity contribution in [3.8, 4) is 79.2 Å². The molecule has 0 aliphatic carbocycles. The third-order valence-corrected chi connectivity index (χ3v) is 26.1. The van der Waals surface area contributed by atoms with Gasteiger partial charge in [0.2, 0.25) is 0 Å². The zero-order chi connectivity index (χ0) is 82.6. The van der Waals surface area contributed by atoms with Crippen molar-refractivity contribution in [2.45, 2.75) is 0 Å². The van der Waals surface area contributed by atoms with Crippen LogP contribution in [0.2, 0.25) is 0 Å². The fourth-order valence-electron chi connectivity index (χ4n) is 20.2. The third-order valence-electron chi connectivity index (χ3n) is 26.1. The topological polar surface area (TPSA) is 71.3 Å². The zero-order valence-electron chi connectivity index (χ0n) is 68.1. The second kappa shape index (κ2) is 28.3. The Morgan fingerprint density at radius 1 is 0.143 bits per heavy atom. The molecular weight excluding hydrogens is 1530 g/mol. The molecule has 126 heavy (non-hydrogen) atoms. The lowest BCUT2D eigenvalue weighted by atomic mass is 10.0. The second-order valence-corrected chi connectivity index (χ2v) is 33.2. The first-order chi connectivity index (χ1) is 62.4. The Balaban J connectivity index is 0.000000134. The molecule has 27 aromatic rings. The Labute approximate surface area is 722 Å². The molecule has 6 heterocycles. The van der Waals surface area contributed by atoms with Gasteiger partial charge < -0.3 is 18.3 Å². The molecule has 584 valence electrons. The van der Waals surface area contributed by atoms with E-state index in [4.69, 9.17) is 19.9 Å². The van der Waals surface area contributed by atoms with Gasteiger partial charge in [-0.2, -0.15) is 0 Å². The number of benzene rings is 21. The van der Waals surface area contributed by atoms with Gasteiger partial charge in [-0.1, -0.05) is 303 Å². The van der Waals surface area contributed by atoms with Crippen LogP contribution >= 0.6 is 0 Å². The van der Waals surface area contributed by atoms with Crippen molar-refractivity contribution >= 4 is 174 Å². The van der Waals surface area contributed by atoms with E-state index in [1.165, 1.54) is 141 Å². The van der Waals surface area contributed by atoms with Crippen LogP contribution in [0.4, 0.5) is 0 Å². The first kappa shape index (κ1) is 70.9. The number of nitrogens with zero attached hydrogens (tertiary/aromatic N) is 8. The van der Waals surface area contributed by atoms with Gasteiger partial charge in [0.1, 0.15) is 0 Å². The van der Waals surface area contributed by atoms with E-state index >= 15 is 0 Å². The molecule has 0 aliphatic heterocycles. The molecule has 0 aliphatic rings. The Hall–Kier alpha value is -16.9. The SMILES string of the molecule is c1ccc(-c2ccc(-c3nc(-c4cccc(-n5c6ccc(-n7c8ccccc8c8c9ccccc9ccc87)cc6c6cc7ccccc7cc65)c4)nc4ccccc34)cc2)cc1.c1ccc2cc(-c3nc(-c4ccc5cc(-n6c7ccc(-n8c9ccccc9c9c%10ccccc%10ccc98)cc7c7cc8ccccc8cc76)ccc5c4)nc4ccccc34)ccc2c1. The second-order valence-electron chi connectivity index (χ2n) is 33.2. The van der Waals surface area contributed by atoms with Gasteiger partial charge in [-0.3, -0.25) is 0 Å². The lowest BCUT2D eigenvalue weighted by molar-refractivity contribution is 1.16. The van der Waals surface area contributed by atoms with Crippen LogP contribution in [-0.2, 0) is 0 Å². The van der Waals surface area contributed by atoms with E-state index in [1.807, 2.05) is 0 Å². The summed E-state index contributed by atoms with van der Waals surface area (Å²) in [7, 11) is 0. The molecule has 8 heteroatoms. The van der Waals surface area contributed by atoms with E-state index < -0.39 is 0 Å². The summed E-state index contributed by atoms with van der Waals surface area (Å²) in [6.07, 6.45) is 0. The number of fused-ring (bicyclic) bond motifs is 22. The van der Waals surface area contributed by atoms with Crippen LogP contribution in [0.15, 0.2) is 437 Å². The van der Waals surface area contributed by atoms with Crippen molar-refractivity contribution in [2.24, 2.45) is 0 Å². The summed E-state index contributed by atoms with van der Waals surface area (Å²) in [5.41, 5.74) is 24.1. The van der Waals surface area contributed by atoms with Crippen LogP contribution in [0.1, 0.15) is 0 Å². The summed E-state index contributed by atoms with van der Waals surface area (Å²) >= 11 is 0. The standard InChI is InChI=1S/C60H36N4.C58H36N4/c1-2-13-39-31-44(23-21-37(39)11-1)59-49-17-7-9-19-53(49)61-60(62-59)45-24-22-43-33-46(27-25-42(43)32-45)64-55-30-28-47(36-52(55)51-34-40-14-3-4-15-41(40)35-57(51)64)63-54-20-10-8-18-50(54)58-48-16-6-5-12-38(48)26-29-56(58)63;1-2-13-37(14-3-1)38-25-27-40(28-26-38)57-47-21-8-10-23-51(47)59-58(60-57)43-18-12-19-44(33-43)62-53-32-30-45(36-50(53)49-34-41-16-4-5-17-42(41)35-55(49)62)61-52-24-11-9-22-48(52)56-46-20-7-6-15-39(46)29-31-54(56)61/h1-36H;1-36H. The third kappa shape index (κ3) is 11.4. The van der Waals surface area contributed by atoms with Gasteiger partial charge in [0.15, 0.2) is 11.6 Å². The lowest BCUT2D eigenvalue weighted by Gasteiger charge is -2.13. The fraction of sp³-hybridized carbons (Fsp3) is 0. The molecule has 6 aromatic heterocycles. The van der Waals surface area contributed by atoms with Crippen molar-refractivity contribution in [1.29, 1.82) is 0 Å². The molecule has 0 bridgehead atoms. The summed E-state index contributed by atoms with van der Waals surface area (Å²) in [6, 6.07) is 158. The minimum Gasteiger partial charge on any atom is -0.309 e. The average Bonchev–Trinajstić information content (AvgIpc) is 1.56. The summed E-state index contributed by atoms with van der Waals surface area (Å²) < 4.78 is 9.73. The first-order valence-electron chi connectivity index (χ1n) is 43.0. The number of para-hydroxylation sites is 4. The van der Waals surface area contributed by atoms with Gasteiger partial charge in [-0.05, 0) is 209 Å². The van der Waals surface area contributed by atoms with Crippen LogP contribution in [0.25, 0.3) is 253 Å². The molecule has 21 aromatic carbocycles. The van der Waals surface area contributed by atoms with Gasteiger partial charge in [-0.25, -0.2) is 19.9 Å². The molecule has 0 saturated heterocycles. The highest BCUT2D eigenvalue weighted by Gasteiger charge is 2.24. The van der Waals surface area contributed by atoms with E-state index in [-0.39, 0.29) is 0 Å². The van der Waals surface area contributed by atoms with E-state index in [1.54, 1.807) is 0 Å². The van der Waals surface area contributed by atoms with Crippen molar-refractivity contribution in [1.82, 2.24) is 38.2 Å². The monoisotopic (exact) mass is 1600 g/mol. The number of hydrogen-bond acceptors (Lipinski definition) is 4. The van der Waals surface area contributed by atoms with E-state index in [2.05, 4.69) is 455 Å². The maximum atomic E-state index is 5.32.